The highest BCUT2D eigenvalue weighted by Crippen LogP contribution is 2.15. The van der Waals surface area contributed by atoms with Gasteiger partial charge in [0.2, 0.25) is 0 Å². The smallest absolute Gasteiger partial charge is 0.101 e. The van der Waals surface area contributed by atoms with Crippen LogP contribution in [0.4, 0.5) is 0 Å². The van der Waals surface area contributed by atoms with Gasteiger partial charge in [-0.15, -0.1) is 0 Å². The van der Waals surface area contributed by atoms with Crippen molar-refractivity contribution in [1.82, 2.24) is 18.5 Å². The van der Waals surface area contributed by atoms with Crippen LogP contribution in [0.3, 0.4) is 0 Å². The lowest BCUT2D eigenvalue weighted by atomic mass is 10.1. The predicted octanol–water partition coefficient (Wildman–Crippen LogP) is 0.548. The molecule has 0 spiro atoms. The van der Waals surface area contributed by atoms with Crippen molar-refractivity contribution in [2.75, 3.05) is 0 Å². The molecular weight excluding hydrogens is 200 g/mol. The average molecular weight is 210 g/mol. The molecule has 74 valence electrons. The molecule has 1 atom stereocenters. The molecule has 0 aliphatic rings. The largest absolute Gasteiger partial charge is 0.386 e. The average Bonchev–Trinajstić information content (AvgIpc) is 2.75. The van der Waals surface area contributed by atoms with Gasteiger partial charge in [0.25, 0.3) is 0 Å². The molecule has 5 nitrogen and oxygen atoms in total. The van der Waals surface area contributed by atoms with Gasteiger partial charge in [-0.3, -0.25) is 4.68 Å². The van der Waals surface area contributed by atoms with Gasteiger partial charge in [0, 0.05) is 19.7 Å². The van der Waals surface area contributed by atoms with E-state index in [-0.39, 0.29) is 0 Å². The number of nitrogens with zero attached hydrogens (tertiary/aromatic N) is 4. The molecule has 0 bridgehead atoms. The molecular formula is C8H10N4OS. The number of hydrogen-bond donors (Lipinski definition) is 1. The van der Waals surface area contributed by atoms with E-state index in [0.717, 1.165) is 23.1 Å². The van der Waals surface area contributed by atoms with Crippen molar-refractivity contribution in [3.63, 3.8) is 0 Å². The first-order valence-corrected chi connectivity index (χ1v) is 4.93. The van der Waals surface area contributed by atoms with Gasteiger partial charge in [-0.1, -0.05) is 0 Å². The monoisotopic (exact) mass is 210 g/mol. The molecule has 0 aromatic carbocycles. The van der Waals surface area contributed by atoms with E-state index in [0.29, 0.717) is 6.42 Å². The van der Waals surface area contributed by atoms with Crippen LogP contribution in [-0.4, -0.2) is 23.6 Å². The van der Waals surface area contributed by atoms with E-state index in [9.17, 15) is 5.11 Å². The van der Waals surface area contributed by atoms with Gasteiger partial charge >= 0.3 is 0 Å². The molecule has 0 aliphatic carbocycles. The maximum Gasteiger partial charge on any atom is 0.101 e. The van der Waals surface area contributed by atoms with Gasteiger partial charge < -0.3 is 5.11 Å². The normalized spacial score (nSPS) is 13.0. The number of aliphatic hydroxyl groups is 1. The molecule has 6 heteroatoms. The highest BCUT2D eigenvalue weighted by Gasteiger charge is 2.13. The van der Waals surface area contributed by atoms with Crippen LogP contribution in [0.2, 0.25) is 0 Å². The minimum Gasteiger partial charge on any atom is -0.386 e. The van der Waals surface area contributed by atoms with Crippen LogP contribution >= 0.6 is 11.7 Å². The fraction of sp³-hybridized carbons (Fsp3) is 0.375. The maximum absolute atomic E-state index is 9.84. The molecule has 0 saturated heterocycles. The topological polar surface area (TPSA) is 63.8 Å². The molecule has 1 unspecified atom stereocenters. The summed E-state index contributed by atoms with van der Waals surface area (Å²) in [6, 6.07) is 1.80. The van der Waals surface area contributed by atoms with E-state index in [2.05, 4.69) is 13.8 Å². The first-order chi connectivity index (χ1) is 6.77. The molecule has 0 radical (unpaired) electrons. The molecule has 2 aromatic heterocycles. The molecule has 0 amide bonds. The Bertz CT molecular complexity index is 397. The van der Waals surface area contributed by atoms with Crippen LogP contribution in [0.1, 0.15) is 17.5 Å². The highest BCUT2D eigenvalue weighted by molar-refractivity contribution is 6.99. The number of aromatic nitrogens is 4. The van der Waals surface area contributed by atoms with Crippen molar-refractivity contribution in [2.24, 2.45) is 7.05 Å². The Hall–Kier alpha value is -1.27. The first kappa shape index (κ1) is 9.29. The molecule has 2 aromatic rings. The Morgan fingerprint density at radius 3 is 3.07 bits per heavy atom. The van der Waals surface area contributed by atoms with E-state index < -0.39 is 6.10 Å². The van der Waals surface area contributed by atoms with Gasteiger partial charge in [0.05, 0.1) is 29.3 Å². The van der Waals surface area contributed by atoms with Crippen molar-refractivity contribution < 1.29 is 5.11 Å². The van der Waals surface area contributed by atoms with E-state index in [1.54, 1.807) is 30.2 Å². The summed E-state index contributed by atoms with van der Waals surface area (Å²) in [5, 5.41) is 13.8. The van der Waals surface area contributed by atoms with Crippen molar-refractivity contribution in [3.05, 3.63) is 29.8 Å². The third-order valence-electron chi connectivity index (χ3n) is 2.01. The van der Waals surface area contributed by atoms with Gasteiger partial charge in [0.15, 0.2) is 0 Å². The lowest BCUT2D eigenvalue weighted by molar-refractivity contribution is 0.167. The second-order valence-corrected chi connectivity index (χ2v) is 3.56. The van der Waals surface area contributed by atoms with Crippen LogP contribution < -0.4 is 0 Å². The Morgan fingerprint density at radius 1 is 1.64 bits per heavy atom. The first-order valence-electron chi connectivity index (χ1n) is 4.20. The van der Waals surface area contributed by atoms with Crippen LogP contribution in [-0.2, 0) is 13.5 Å². The minimum absolute atomic E-state index is 0.482. The Labute approximate surface area is 85.3 Å². The predicted molar refractivity (Wildman–Crippen MR) is 51.8 cm³/mol. The van der Waals surface area contributed by atoms with E-state index in [4.69, 9.17) is 0 Å². The fourth-order valence-electron chi connectivity index (χ4n) is 1.29. The quantitative estimate of drug-likeness (QED) is 0.803. The van der Waals surface area contributed by atoms with Gasteiger partial charge in [-0.05, 0) is 6.07 Å². The number of aryl methyl sites for hydroxylation is 1. The zero-order valence-electron chi connectivity index (χ0n) is 7.66. The SMILES string of the molecule is Cn1nccc1C(O)Cc1cnsn1. The summed E-state index contributed by atoms with van der Waals surface area (Å²) in [7, 11) is 1.80. The molecule has 2 rings (SSSR count). The summed E-state index contributed by atoms with van der Waals surface area (Å²) in [5.74, 6) is 0. The summed E-state index contributed by atoms with van der Waals surface area (Å²) in [6.07, 6.45) is 3.25. The molecule has 0 fully saturated rings. The van der Waals surface area contributed by atoms with Crippen LogP contribution in [0.15, 0.2) is 18.5 Å². The summed E-state index contributed by atoms with van der Waals surface area (Å²) in [6.45, 7) is 0. The number of hydrogen-bond acceptors (Lipinski definition) is 5. The lowest BCUT2D eigenvalue weighted by Crippen LogP contribution is -2.07. The molecule has 14 heavy (non-hydrogen) atoms. The van der Waals surface area contributed by atoms with E-state index in [1.807, 2.05) is 0 Å². The lowest BCUT2D eigenvalue weighted by Gasteiger charge is -2.08. The van der Waals surface area contributed by atoms with Crippen molar-refractivity contribution >= 4 is 11.7 Å². The van der Waals surface area contributed by atoms with Crippen molar-refractivity contribution in [1.29, 1.82) is 0 Å². The summed E-state index contributed by atoms with van der Waals surface area (Å²) in [5.41, 5.74) is 1.60. The Kier molecular flexibility index (Phi) is 2.55. The van der Waals surface area contributed by atoms with Gasteiger partial charge in [-0.2, -0.15) is 13.8 Å². The molecule has 0 saturated carbocycles. The van der Waals surface area contributed by atoms with Crippen LogP contribution in [0.5, 0.6) is 0 Å². The Morgan fingerprint density at radius 2 is 2.50 bits per heavy atom. The zero-order chi connectivity index (χ0) is 9.97. The number of rotatable bonds is 3. The summed E-state index contributed by atoms with van der Waals surface area (Å²) >= 11 is 1.15. The third-order valence-corrected chi connectivity index (χ3v) is 2.53. The van der Waals surface area contributed by atoms with Crippen molar-refractivity contribution in [3.8, 4) is 0 Å². The third kappa shape index (κ3) is 1.80. The molecule has 1 N–H and O–H groups in total. The molecule has 0 aliphatic heterocycles. The second-order valence-electron chi connectivity index (χ2n) is 3.00. The van der Waals surface area contributed by atoms with Gasteiger partial charge in [-0.25, -0.2) is 0 Å². The fourth-order valence-corrected chi connectivity index (χ4v) is 1.73. The van der Waals surface area contributed by atoms with Crippen molar-refractivity contribution in [2.45, 2.75) is 12.5 Å². The van der Waals surface area contributed by atoms with Crippen LogP contribution in [0.25, 0.3) is 0 Å². The zero-order valence-corrected chi connectivity index (χ0v) is 8.48. The van der Waals surface area contributed by atoms with Gasteiger partial charge in [0.1, 0.15) is 6.10 Å². The highest BCUT2D eigenvalue weighted by atomic mass is 32.1. The van der Waals surface area contributed by atoms with E-state index >= 15 is 0 Å². The Balaban J connectivity index is 2.10. The summed E-state index contributed by atoms with van der Waals surface area (Å²) in [4.78, 5) is 0. The van der Waals surface area contributed by atoms with E-state index in [1.165, 1.54) is 0 Å². The molecule has 2 heterocycles. The minimum atomic E-state index is -0.564. The standard InChI is InChI=1S/C8H10N4OS/c1-12-7(2-3-9-12)8(13)4-6-5-10-14-11-6/h2-3,5,8,13H,4H2,1H3. The summed E-state index contributed by atoms with van der Waals surface area (Å²) < 4.78 is 9.57. The second kappa shape index (κ2) is 3.85. The number of aliphatic hydroxyl groups excluding tert-OH is 1. The maximum atomic E-state index is 9.84. The van der Waals surface area contributed by atoms with Crippen LogP contribution in [0, 0.1) is 0 Å².